The largest absolute Gasteiger partial charge is 0.480 e. The second-order valence-corrected chi connectivity index (χ2v) is 3.66. The molecule has 1 unspecified atom stereocenters. The van der Waals surface area contributed by atoms with Gasteiger partial charge in [-0.15, -0.1) is 0 Å². The van der Waals surface area contributed by atoms with E-state index in [0.717, 1.165) is 0 Å². The van der Waals surface area contributed by atoms with Crippen molar-refractivity contribution in [2.45, 2.75) is 12.5 Å². The van der Waals surface area contributed by atoms with Crippen molar-refractivity contribution < 1.29 is 9.90 Å². The lowest BCUT2D eigenvalue weighted by Crippen LogP contribution is -2.28. The first-order valence-electron chi connectivity index (χ1n) is 3.89. The number of carboxylic acid groups (broad SMARTS) is 1. The van der Waals surface area contributed by atoms with Gasteiger partial charge in [0.1, 0.15) is 10.6 Å². The smallest absolute Gasteiger partial charge is 0.326 e. The van der Waals surface area contributed by atoms with Crippen LogP contribution in [0.4, 0.5) is 5.95 Å². The Morgan fingerprint density at radius 1 is 1.85 bits per heavy atom. The van der Waals surface area contributed by atoms with Crippen molar-refractivity contribution in [1.82, 2.24) is 9.55 Å². The standard InChI is InChI=1S/C7H8BrN3O2/c8-5-3-10-7-9-2-1-4(6(12)13)11(5)7/h3-4H,1-2H2,(H,9,10)(H,12,13). The molecule has 1 aromatic rings. The number of halogens is 1. The maximum Gasteiger partial charge on any atom is 0.326 e. The van der Waals surface area contributed by atoms with Crippen molar-refractivity contribution in [3.05, 3.63) is 10.8 Å². The summed E-state index contributed by atoms with van der Waals surface area (Å²) in [4.78, 5) is 14.9. The Labute approximate surface area is 82.9 Å². The van der Waals surface area contributed by atoms with Gasteiger partial charge in [-0.3, -0.25) is 4.57 Å². The lowest BCUT2D eigenvalue weighted by Gasteiger charge is -2.23. The van der Waals surface area contributed by atoms with Gasteiger partial charge in [0.15, 0.2) is 0 Å². The molecular weight excluding hydrogens is 238 g/mol. The van der Waals surface area contributed by atoms with Crippen molar-refractivity contribution in [3.63, 3.8) is 0 Å². The quantitative estimate of drug-likeness (QED) is 0.778. The number of carboxylic acids is 1. The van der Waals surface area contributed by atoms with Crippen LogP contribution in [0.3, 0.4) is 0 Å². The molecule has 2 N–H and O–H groups in total. The van der Waals surface area contributed by atoms with E-state index in [1.165, 1.54) is 0 Å². The number of nitrogens with one attached hydrogen (secondary N) is 1. The second-order valence-electron chi connectivity index (χ2n) is 2.84. The van der Waals surface area contributed by atoms with Gasteiger partial charge >= 0.3 is 5.97 Å². The molecule has 0 bridgehead atoms. The summed E-state index contributed by atoms with van der Waals surface area (Å²) in [5, 5.41) is 12.0. The maximum atomic E-state index is 10.9. The van der Waals surface area contributed by atoms with Crippen LogP contribution in [0.5, 0.6) is 0 Å². The minimum Gasteiger partial charge on any atom is -0.480 e. The monoisotopic (exact) mass is 245 g/mol. The fraction of sp³-hybridized carbons (Fsp3) is 0.429. The number of imidazole rings is 1. The Morgan fingerprint density at radius 2 is 2.62 bits per heavy atom. The van der Waals surface area contributed by atoms with Crippen molar-refractivity contribution in [1.29, 1.82) is 0 Å². The van der Waals surface area contributed by atoms with Crippen molar-refractivity contribution in [3.8, 4) is 0 Å². The van der Waals surface area contributed by atoms with E-state index in [1.807, 2.05) is 0 Å². The van der Waals surface area contributed by atoms with Crippen LogP contribution in [0, 0.1) is 0 Å². The van der Waals surface area contributed by atoms with Gasteiger partial charge in [-0.05, 0) is 22.4 Å². The summed E-state index contributed by atoms with van der Waals surface area (Å²) in [5.41, 5.74) is 0. The topological polar surface area (TPSA) is 67.2 Å². The predicted molar refractivity (Wildman–Crippen MR) is 49.7 cm³/mol. The van der Waals surface area contributed by atoms with Gasteiger partial charge in [0.25, 0.3) is 0 Å². The van der Waals surface area contributed by atoms with E-state index >= 15 is 0 Å². The molecule has 5 nitrogen and oxygen atoms in total. The van der Waals surface area contributed by atoms with E-state index in [0.29, 0.717) is 23.5 Å². The molecule has 0 saturated carbocycles. The van der Waals surface area contributed by atoms with Gasteiger partial charge in [0.05, 0.1) is 6.20 Å². The molecule has 13 heavy (non-hydrogen) atoms. The molecule has 1 aromatic heterocycles. The number of fused-ring (bicyclic) bond motifs is 1. The van der Waals surface area contributed by atoms with Gasteiger partial charge in [-0.2, -0.15) is 0 Å². The van der Waals surface area contributed by atoms with Crippen LogP contribution < -0.4 is 5.32 Å². The highest BCUT2D eigenvalue weighted by atomic mass is 79.9. The molecule has 1 aliphatic rings. The van der Waals surface area contributed by atoms with E-state index in [1.54, 1.807) is 10.8 Å². The average molecular weight is 246 g/mol. The normalized spacial score (nSPS) is 20.5. The Balaban J connectivity index is 2.46. The first kappa shape index (κ1) is 8.55. The highest BCUT2D eigenvalue weighted by molar-refractivity contribution is 9.10. The number of rotatable bonds is 1. The minimum absolute atomic E-state index is 0.506. The Bertz CT molecular complexity index is 350. The third-order valence-corrected chi connectivity index (χ3v) is 2.64. The highest BCUT2D eigenvalue weighted by Gasteiger charge is 2.27. The van der Waals surface area contributed by atoms with Crippen molar-refractivity contribution in [2.75, 3.05) is 11.9 Å². The first-order chi connectivity index (χ1) is 6.20. The zero-order valence-electron chi connectivity index (χ0n) is 6.70. The molecule has 0 aromatic carbocycles. The van der Waals surface area contributed by atoms with Crippen LogP contribution in [0.25, 0.3) is 0 Å². The number of carbonyl (C=O) groups is 1. The minimum atomic E-state index is -0.818. The lowest BCUT2D eigenvalue weighted by atomic mass is 10.2. The summed E-state index contributed by atoms with van der Waals surface area (Å²) in [7, 11) is 0. The van der Waals surface area contributed by atoms with E-state index in [-0.39, 0.29) is 0 Å². The third kappa shape index (κ3) is 1.31. The molecule has 0 radical (unpaired) electrons. The Morgan fingerprint density at radius 3 is 3.31 bits per heavy atom. The van der Waals surface area contributed by atoms with Crippen LogP contribution in [0.15, 0.2) is 10.8 Å². The molecule has 2 heterocycles. The Hall–Kier alpha value is -1.04. The molecule has 6 heteroatoms. The summed E-state index contributed by atoms with van der Waals surface area (Å²) >= 11 is 3.26. The summed E-state index contributed by atoms with van der Waals surface area (Å²) in [6.07, 6.45) is 2.18. The highest BCUT2D eigenvalue weighted by Crippen LogP contribution is 2.28. The van der Waals surface area contributed by atoms with Gasteiger partial charge < -0.3 is 10.4 Å². The van der Waals surface area contributed by atoms with Gasteiger partial charge in [0, 0.05) is 6.54 Å². The van der Waals surface area contributed by atoms with Crippen LogP contribution >= 0.6 is 15.9 Å². The second kappa shape index (κ2) is 3.02. The SMILES string of the molecule is O=C(O)C1CCNc2ncc(Br)n21. The number of nitrogens with zero attached hydrogens (tertiary/aromatic N) is 2. The van der Waals surface area contributed by atoms with Gasteiger partial charge in [-0.25, -0.2) is 9.78 Å². The summed E-state index contributed by atoms with van der Waals surface area (Å²) in [6.45, 7) is 0.653. The zero-order valence-corrected chi connectivity index (χ0v) is 8.28. The number of hydrogen-bond acceptors (Lipinski definition) is 3. The van der Waals surface area contributed by atoms with Crippen LogP contribution in [0.2, 0.25) is 0 Å². The fourth-order valence-electron chi connectivity index (χ4n) is 1.45. The lowest BCUT2D eigenvalue weighted by molar-refractivity contribution is -0.141. The molecule has 0 aliphatic carbocycles. The molecular formula is C7H8BrN3O2. The van der Waals surface area contributed by atoms with E-state index in [4.69, 9.17) is 5.11 Å². The maximum absolute atomic E-state index is 10.9. The summed E-state index contributed by atoms with van der Waals surface area (Å²) in [5.74, 6) is -0.202. The number of aromatic nitrogens is 2. The first-order valence-corrected chi connectivity index (χ1v) is 4.69. The molecule has 0 fully saturated rings. The number of aliphatic carboxylic acids is 1. The third-order valence-electron chi connectivity index (χ3n) is 2.05. The molecule has 0 spiro atoms. The molecule has 2 rings (SSSR count). The van der Waals surface area contributed by atoms with Crippen molar-refractivity contribution in [2.24, 2.45) is 0 Å². The summed E-state index contributed by atoms with van der Waals surface area (Å²) < 4.78 is 2.34. The van der Waals surface area contributed by atoms with Crippen LogP contribution in [0.1, 0.15) is 12.5 Å². The Kier molecular flexibility index (Phi) is 1.99. The fourth-order valence-corrected chi connectivity index (χ4v) is 1.97. The average Bonchev–Trinajstić information content (AvgIpc) is 2.48. The molecule has 1 aliphatic heterocycles. The molecule has 0 amide bonds. The molecule has 70 valence electrons. The van der Waals surface area contributed by atoms with Crippen molar-refractivity contribution >= 4 is 27.8 Å². The van der Waals surface area contributed by atoms with Crippen LogP contribution in [-0.4, -0.2) is 27.2 Å². The van der Waals surface area contributed by atoms with E-state index < -0.39 is 12.0 Å². The predicted octanol–water partition coefficient (Wildman–Crippen LogP) is 1.09. The van der Waals surface area contributed by atoms with Crippen LogP contribution in [-0.2, 0) is 4.79 Å². The van der Waals surface area contributed by atoms with Gasteiger partial charge in [-0.1, -0.05) is 0 Å². The number of hydrogen-bond donors (Lipinski definition) is 2. The van der Waals surface area contributed by atoms with E-state index in [2.05, 4.69) is 26.2 Å². The molecule has 1 atom stereocenters. The van der Waals surface area contributed by atoms with E-state index in [9.17, 15) is 4.79 Å². The van der Waals surface area contributed by atoms with Gasteiger partial charge in [0.2, 0.25) is 5.95 Å². The molecule has 0 saturated heterocycles. The zero-order chi connectivity index (χ0) is 9.42. The summed E-state index contributed by atoms with van der Waals surface area (Å²) in [6, 6.07) is -0.506. The number of anilines is 1.